The van der Waals surface area contributed by atoms with E-state index < -0.39 is 11.7 Å². The van der Waals surface area contributed by atoms with Crippen LogP contribution in [0.5, 0.6) is 0 Å². The fourth-order valence-electron chi connectivity index (χ4n) is 1.74. The summed E-state index contributed by atoms with van der Waals surface area (Å²) in [4.78, 5) is 13.2. The van der Waals surface area contributed by atoms with E-state index in [4.69, 9.17) is 0 Å². The molecular formula is C13H9FN4O. The SMILES string of the molecule is O=C(Nn1nnc2ccccc21)c1cccc(F)c1. The van der Waals surface area contributed by atoms with Gasteiger partial charge in [0.1, 0.15) is 16.9 Å². The number of rotatable bonds is 2. The standard InChI is InChI=1S/C13H9FN4O/c14-10-5-3-4-9(8-10)13(19)16-18-12-7-2-1-6-11(12)15-17-18/h1-8H,(H,16,19). The Hall–Kier alpha value is -2.76. The predicted molar refractivity (Wildman–Crippen MR) is 67.6 cm³/mol. The first-order valence-electron chi connectivity index (χ1n) is 5.61. The summed E-state index contributed by atoms with van der Waals surface area (Å²) >= 11 is 0. The van der Waals surface area contributed by atoms with E-state index in [1.54, 1.807) is 12.1 Å². The van der Waals surface area contributed by atoms with Gasteiger partial charge in [0.25, 0.3) is 5.91 Å². The van der Waals surface area contributed by atoms with Crippen LogP contribution in [0.1, 0.15) is 10.4 Å². The summed E-state index contributed by atoms with van der Waals surface area (Å²) in [6.07, 6.45) is 0. The molecule has 2 aromatic carbocycles. The van der Waals surface area contributed by atoms with Crippen LogP contribution in [-0.4, -0.2) is 21.0 Å². The Morgan fingerprint density at radius 2 is 2.00 bits per heavy atom. The largest absolute Gasteiger partial charge is 0.271 e. The third-order valence-electron chi connectivity index (χ3n) is 2.65. The number of amides is 1. The van der Waals surface area contributed by atoms with Gasteiger partial charge in [-0.25, -0.2) is 9.82 Å². The Morgan fingerprint density at radius 1 is 1.16 bits per heavy atom. The Morgan fingerprint density at radius 3 is 2.84 bits per heavy atom. The van der Waals surface area contributed by atoms with E-state index in [-0.39, 0.29) is 5.56 Å². The van der Waals surface area contributed by atoms with Gasteiger partial charge >= 0.3 is 0 Å². The van der Waals surface area contributed by atoms with Crippen molar-refractivity contribution in [3.05, 3.63) is 59.9 Å². The molecule has 19 heavy (non-hydrogen) atoms. The highest BCUT2D eigenvalue weighted by Gasteiger charge is 2.09. The second-order valence-electron chi connectivity index (χ2n) is 3.94. The summed E-state index contributed by atoms with van der Waals surface area (Å²) < 4.78 is 13.0. The monoisotopic (exact) mass is 256 g/mol. The van der Waals surface area contributed by atoms with E-state index in [1.807, 2.05) is 12.1 Å². The summed E-state index contributed by atoms with van der Waals surface area (Å²) in [6, 6.07) is 12.7. The van der Waals surface area contributed by atoms with Crippen molar-refractivity contribution in [2.24, 2.45) is 0 Å². The normalized spacial score (nSPS) is 10.6. The first-order chi connectivity index (χ1) is 9.24. The van der Waals surface area contributed by atoms with E-state index in [0.717, 1.165) is 6.07 Å². The third kappa shape index (κ3) is 2.15. The molecule has 0 unspecified atom stereocenters. The van der Waals surface area contributed by atoms with Crippen molar-refractivity contribution in [2.75, 3.05) is 5.43 Å². The number of halogens is 1. The van der Waals surface area contributed by atoms with Gasteiger partial charge in [-0.1, -0.05) is 18.2 Å². The number of nitrogens with zero attached hydrogens (tertiary/aromatic N) is 3. The number of fused-ring (bicyclic) bond motifs is 1. The highest BCUT2D eigenvalue weighted by molar-refractivity contribution is 6.00. The van der Waals surface area contributed by atoms with Crippen molar-refractivity contribution in [1.82, 2.24) is 15.1 Å². The molecule has 3 rings (SSSR count). The van der Waals surface area contributed by atoms with Gasteiger partial charge in [-0.3, -0.25) is 4.79 Å². The minimum Gasteiger partial charge on any atom is -0.267 e. The molecule has 0 atom stereocenters. The molecule has 5 nitrogen and oxygen atoms in total. The number of para-hydroxylation sites is 1. The second-order valence-corrected chi connectivity index (χ2v) is 3.94. The molecule has 0 fully saturated rings. The average molecular weight is 256 g/mol. The van der Waals surface area contributed by atoms with E-state index in [0.29, 0.717) is 11.0 Å². The second kappa shape index (κ2) is 4.49. The molecule has 0 radical (unpaired) electrons. The molecular weight excluding hydrogens is 247 g/mol. The molecule has 0 aliphatic heterocycles. The molecule has 0 bridgehead atoms. The summed E-state index contributed by atoms with van der Waals surface area (Å²) in [7, 11) is 0. The molecule has 1 amide bonds. The Bertz CT molecular complexity index is 753. The number of nitrogens with one attached hydrogen (secondary N) is 1. The van der Waals surface area contributed by atoms with Crippen LogP contribution in [0.25, 0.3) is 11.0 Å². The zero-order valence-electron chi connectivity index (χ0n) is 9.75. The Kier molecular flexibility index (Phi) is 2.68. The van der Waals surface area contributed by atoms with Gasteiger partial charge in [-0.2, -0.15) is 4.79 Å². The smallest absolute Gasteiger partial charge is 0.267 e. The highest BCUT2D eigenvalue weighted by Crippen LogP contribution is 2.09. The van der Waals surface area contributed by atoms with E-state index >= 15 is 0 Å². The van der Waals surface area contributed by atoms with E-state index in [9.17, 15) is 9.18 Å². The van der Waals surface area contributed by atoms with Crippen molar-refractivity contribution in [2.45, 2.75) is 0 Å². The number of benzene rings is 2. The molecule has 0 saturated carbocycles. The average Bonchev–Trinajstić information content (AvgIpc) is 2.82. The van der Waals surface area contributed by atoms with Gasteiger partial charge in [0.05, 0.1) is 0 Å². The molecule has 3 aromatic rings. The van der Waals surface area contributed by atoms with Crippen molar-refractivity contribution >= 4 is 16.9 Å². The molecule has 94 valence electrons. The van der Waals surface area contributed by atoms with Crippen LogP contribution >= 0.6 is 0 Å². The minimum absolute atomic E-state index is 0.222. The maximum Gasteiger partial charge on any atom is 0.271 e. The van der Waals surface area contributed by atoms with E-state index in [2.05, 4.69) is 15.7 Å². The maximum atomic E-state index is 13.0. The van der Waals surface area contributed by atoms with Gasteiger partial charge in [0, 0.05) is 5.56 Å². The molecule has 0 aliphatic carbocycles. The lowest BCUT2D eigenvalue weighted by Crippen LogP contribution is -2.24. The zero-order chi connectivity index (χ0) is 13.2. The van der Waals surface area contributed by atoms with Gasteiger partial charge < -0.3 is 0 Å². The summed E-state index contributed by atoms with van der Waals surface area (Å²) in [6.45, 7) is 0. The van der Waals surface area contributed by atoms with Gasteiger partial charge in [0.2, 0.25) is 0 Å². The lowest BCUT2D eigenvalue weighted by molar-refractivity contribution is 0.100. The number of hydrogen-bond donors (Lipinski definition) is 1. The molecule has 6 heteroatoms. The fraction of sp³-hybridized carbons (Fsp3) is 0. The lowest BCUT2D eigenvalue weighted by atomic mass is 10.2. The molecule has 1 N–H and O–H groups in total. The summed E-state index contributed by atoms with van der Waals surface area (Å²) in [5, 5.41) is 7.73. The van der Waals surface area contributed by atoms with Gasteiger partial charge in [0.15, 0.2) is 0 Å². The topological polar surface area (TPSA) is 59.8 Å². The highest BCUT2D eigenvalue weighted by atomic mass is 19.1. The van der Waals surface area contributed by atoms with Crippen molar-refractivity contribution < 1.29 is 9.18 Å². The van der Waals surface area contributed by atoms with Crippen LogP contribution < -0.4 is 5.43 Å². The van der Waals surface area contributed by atoms with Crippen LogP contribution in [0, 0.1) is 5.82 Å². The third-order valence-corrected chi connectivity index (χ3v) is 2.65. The molecule has 0 saturated heterocycles. The Labute approximate surface area is 107 Å². The number of carbonyl (C=O) groups excluding carboxylic acids is 1. The predicted octanol–water partition coefficient (Wildman–Crippen LogP) is 1.95. The van der Waals surface area contributed by atoms with Crippen molar-refractivity contribution in [1.29, 1.82) is 0 Å². The lowest BCUT2D eigenvalue weighted by Gasteiger charge is -2.05. The first kappa shape index (κ1) is 11.3. The molecule has 0 spiro atoms. The van der Waals surface area contributed by atoms with Crippen molar-refractivity contribution in [3.63, 3.8) is 0 Å². The van der Waals surface area contributed by atoms with Crippen LogP contribution in [0.4, 0.5) is 4.39 Å². The summed E-state index contributed by atoms with van der Waals surface area (Å²) in [5.41, 5.74) is 4.11. The van der Waals surface area contributed by atoms with Crippen molar-refractivity contribution in [3.8, 4) is 0 Å². The number of aromatic nitrogens is 3. The summed E-state index contributed by atoms with van der Waals surface area (Å²) in [5.74, 6) is -0.911. The quantitative estimate of drug-likeness (QED) is 0.762. The van der Waals surface area contributed by atoms with Crippen LogP contribution in [0.2, 0.25) is 0 Å². The fourth-order valence-corrected chi connectivity index (χ4v) is 1.74. The van der Waals surface area contributed by atoms with Gasteiger partial charge in [-0.05, 0) is 35.5 Å². The zero-order valence-corrected chi connectivity index (χ0v) is 9.75. The Balaban J connectivity index is 1.91. The number of hydrogen-bond acceptors (Lipinski definition) is 3. The molecule has 1 heterocycles. The van der Waals surface area contributed by atoms with Crippen LogP contribution in [0.15, 0.2) is 48.5 Å². The van der Waals surface area contributed by atoms with Gasteiger partial charge in [-0.15, -0.1) is 5.10 Å². The van der Waals surface area contributed by atoms with Crippen LogP contribution in [-0.2, 0) is 0 Å². The van der Waals surface area contributed by atoms with Crippen LogP contribution in [0.3, 0.4) is 0 Å². The minimum atomic E-state index is -0.462. The molecule has 1 aromatic heterocycles. The van der Waals surface area contributed by atoms with E-state index in [1.165, 1.54) is 23.0 Å². The first-order valence-corrected chi connectivity index (χ1v) is 5.61. The molecule has 0 aliphatic rings. The maximum absolute atomic E-state index is 13.0. The number of carbonyl (C=O) groups is 1.